The van der Waals surface area contributed by atoms with Crippen molar-refractivity contribution in [1.82, 2.24) is 10.3 Å². The van der Waals surface area contributed by atoms with Crippen LogP contribution in [0.3, 0.4) is 0 Å². The number of carbonyl (C=O) groups excluding carboxylic acids is 1. The molecule has 0 saturated carbocycles. The lowest BCUT2D eigenvalue weighted by Gasteiger charge is -2.09. The number of ether oxygens (including phenoxy) is 1. The van der Waals surface area contributed by atoms with E-state index in [0.717, 1.165) is 10.4 Å². The van der Waals surface area contributed by atoms with Crippen molar-refractivity contribution in [3.63, 3.8) is 0 Å². The Morgan fingerprint density at radius 3 is 3.00 bits per heavy atom. The summed E-state index contributed by atoms with van der Waals surface area (Å²) in [6, 6.07) is 9.17. The van der Waals surface area contributed by atoms with E-state index in [9.17, 15) is 4.79 Å². The van der Waals surface area contributed by atoms with Gasteiger partial charge in [-0.05, 0) is 29.6 Å². The van der Waals surface area contributed by atoms with Crippen LogP contribution < -0.4 is 10.1 Å². The third-order valence-electron chi connectivity index (χ3n) is 3.16. The van der Waals surface area contributed by atoms with Crippen LogP contribution in [0.1, 0.15) is 15.2 Å². The van der Waals surface area contributed by atoms with Crippen molar-refractivity contribution in [3.8, 4) is 17.1 Å². The first-order valence-electron chi connectivity index (χ1n) is 6.65. The standard InChI is InChI=1S/C16H14N2O3S/c1-20-14-7-11(4-5-13(14)15-9-17-10-21-15)16(19)18-8-12-3-2-6-22-12/h2-7,9-10H,8H2,1H3,(H,18,19). The summed E-state index contributed by atoms with van der Waals surface area (Å²) in [4.78, 5) is 17.2. The number of methoxy groups -OCH3 is 1. The van der Waals surface area contributed by atoms with E-state index in [4.69, 9.17) is 9.15 Å². The summed E-state index contributed by atoms with van der Waals surface area (Å²) in [5.74, 6) is 1.03. The smallest absolute Gasteiger partial charge is 0.251 e. The number of oxazole rings is 1. The van der Waals surface area contributed by atoms with Gasteiger partial charge in [0.15, 0.2) is 12.2 Å². The number of rotatable bonds is 5. The van der Waals surface area contributed by atoms with Crippen molar-refractivity contribution in [2.24, 2.45) is 0 Å². The van der Waals surface area contributed by atoms with E-state index in [1.54, 1.807) is 42.8 Å². The number of thiophene rings is 1. The van der Waals surface area contributed by atoms with Crippen molar-refractivity contribution >= 4 is 17.2 Å². The van der Waals surface area contributed by atoms with Gasteiger partial charge in [-0.2, -0.15) is 0 Å². The van der Waals surface area contributed by atoms with Gasteiger partial charge in [0.2, 0.25) is 0 Å². The van der Waals surface area contributed by atoms with Gasteiger partial charge in [-0.1, -0.05) is 6.07 Å². The second kappa shape index (κ2) is 6.44. The van der Waals surface area contributed by atoms with Gasteiger partial charge in [-0.3, -0.25) is 4.79 Å². The molecule has 3 rings (SSSR count). The number of nitrogens with one attached hydrogen (secondary N) is 1. The molecular weight excluding hydrogens is 300 g/mol. The average Bonchev–Trinajstić information content (AvgIpc) is 3.25. The number of amides is 1. The molecule has 0 bridgehead atoms. The highest BCUT2D eigenvalue weighted by Gasteiger charge is 2.13. The zero-order valence-electron chi connectivity index (χ0n) is 11.9. The molecule has 0 unspecified atom stereocenters. The summed E-state index contributed by atoms with van der Waals surface area (Å²) >= 11 is 1.61. The fourth-order valence-electron chi connectivity index (χ4n) is 2.07. The molecule has 0 aliphatic carbocycles. The van der Waals surface area contributed by atoms with Crippen LogP contribution in [-0.2, 0) is 6.54 Å². The third kappa shape index (κ3) is 3.01. The fraction of sp³-hybridized carbons (Fsp3) is 0.125. The molecule has 6 heteroatoms. The summed E-state index contributed by atoms with van der Waals surface area (Å²) in [6.45, 7) is 0.517. The van der Waals surface area contributed by atoms with Crippen LogP contribution in [0.25, 0.3) is 11.3 Å². The van der Waals surface area contributed by atoms with E-state index in [0.29, 0.717) is 23.6 Å². The number of benzene rings is 1. The van der Waals surface area contributed by atoms with Crippen molar-refractivity contribution < 1.29 is 13.9 Å². The Kier molecular flexibility index (Phi) is 4.20. The van der Waals surface area contributed by atoms with Gasteiger partial charge in [-0.15, -0.1) is 11.3 Å². The molecule has 2 heterocycles. The molecule has 0 aliphatic rings. The normalized spacial score (nSPS) is 10.4. The van der Waals surface area contributed by atoms with E-state index >= 15 is 0 Å². The fourth-order valence-corrected chi connectivity index (χ4v) is 2.71. The van der Waals surface area contributed by atoms with Gasteiger partial charge in [-0.25, -0.2) is 4.98 Å². The molecule has 5 nitrogen and oxygen atoms in total. The van der Waals surface area contributed by atoms with Crippen LogP contribution in [0.15, 0.2) is 52.7 Å². The lowest BCUT2D eigenvalue weighted by Crippen LogP contribution is -2.22. The van der Waals surface area contributed by atoms with Crippen molar-refractivity contribution in [3.05, 3.63) is 58.7 Å². The molecule has 0 spiro atoms. The maximum Gasteiger partial charge on any atom is 0.251 e. The van der Waals surface area contributed by atoms with Crippen molar-refractivity contribution in [2.45, 2.75) is 6.54 Å². The molecule has 112 valence electrons. The van der Waals surface area contributed by atoms with Gasteiger partial charge in [0.1, 0.15) is 5.75 Å². The monoisotopic (exact) mass is 314 g/mol. The van der Waals surface area contributed by atoms with Crippen LogP contribution in [0.5, 0.6) is 5.75 Å². The highest BCUT2D eigenvalue weighted by atomic mass is 32.1. The molecule has 1 N–H and O–H groups in total. The molecule has 0 fully saturated rings. The van der Waals surface area contributed by atoms with Crippen LogP contribution >= 0.6 is 11.3 Å². The minimum atomic E-state index is -0.143. The number of aromatic nitrogens is 1. The molecule has 0 atom stereocenters. The van der Waals surface area contributed by atoms with Gasteiger partial charge in [0.05, 0.1) is 25.4 Å². The van der Waals surface area contributed by atoms with Gasteiger partial charge < -0.3 is 14.5 Å². The SMILES string of the molecule is COc1cc(C(=O)NCc2cccs2)ccc1-c1cnco1. The quantitative estimate of drug-likeness (QED) is 0.784. The average molecular weight is 314 g/mol. The summed E-state index contributed by atoms with van der Waals surface area (Å²) in [5, 5.41) is 4.87. The Bertz CT molecular complexity index is 752. The number of hydrogen-bond donors (Lipinski definition) is 1. The van der Waals surface area contributed by atoms with Gasteiger partial charge in [0, 0.05) is 10.4 Å². The molecule has 0 aliphatic heterocycles. The summed E-state index contributed by atoms with van der Waals surface area (Å²) < 4.78 is 10.6. The predicted octanol–water partition coefficient (Wildman–Crippen LogP) is 3.34. The molecule has 0 radical (unpaired) electrons. The van der Waals surface area contributed by atoms with E-state index in [1.165, 1.54) is 6.39 Å². The summed E-state index contributed by atoms with van der Waals surface area (Å²) in [7, 11) is 1.56. The minimum Gasteiger partial charge on any atom is -0.496 e. The predicted molar refractivity (Wildman–Crippen MR) is 84.0 cm³/mol. The number of carbonyl (C=O) groups is 1. The lowest BCUT2D eigenvalue weighted by atomic mass is 10.1. The Balaban J connectivity index is 1.78. The molecule has 22 heavy (non-hydrogen) atoms. The minimum absolute atomic E-state index is 0.143. The van der Waals surface area contributed by atoms with Crippen LogP contribution in [0, 0.1) is 0 Å². The Morgan fingerprint density at radius 2 is 2.32 bits per heavy atom. The van der Waals surface area contributed by atoms with E-state index < -0.39 is 0 Å². The summed E-state index contributed by atoms with van der Waals surface area (Å²) in [6.07, 6.45) is 2.96. The second-order valence-electron chi connectivity index (χ2n) is 4.54. The van der Waals surface area contributed by atoms with Gasteiger partial charge in [0.25, 0.3) is 5.91 Å². The topological polar surface area (TPSA) is 64.4 Å². The number of hydrogen-bond acceptors (Lipinski definition) is 5. The second-order valence-corrected chi connectivity index (χ2v) is 5.58. The molecule has 1 aromatic carbocycles. The molecule has 3 aromatic rings. The maximum absolute atomic E-state index is 12.2. The Labute approximate surface area is 131 Å². The molecule has 2 aromatic heterocycles. The molecule has 0 saturated heterocycles. The zero-order chi connectivity index (χ0) is 15.4. The summed E-state index contributed by atoms with van der Waals surface area (Å²) in [5.41, 5.74) is 1.30. The van der Waals surface area contributed by atoms with Crippen LogP contribution in [0.2, 0.25) is 0 Å². The largest absolute Gasteiger partial charge is 0.496 e. The Hall–Kier alpha value is -2.60. The van der Waals surface area contributed by atoms with Crippen LogP contribution in [0.4, 0.5) is 0 Å². The van der Waals surface area contributed by atoms with Crippen LogP contribution in [-0.4, -0.2) is 18.0 Å². The number of nitrogens with zero attached hydrogens (tertiary/aromatic N) is 1. The van der Waals surface area contributed by atoms with Gasteiger partial charge >= 0.3 is 0 Å². The first kappa shape index (κ1) is 14.3. The maximum atomic E-state index is 12.2. The highest BCUT2D eigenvalue weighted by molar-refractivity contribution is 7.09. The van der Waals surface area contributed by atoms with Crippen molar-refractivity contribution in [2.75, 3.05) is 7.11 Å². The highest BCUT2D eigenvalue weighted by Crippen LogP contribution is 2.30. The first-order valence-corrected chi connectivity index (χ1v) is 7.53. The van der Waals surface area contributed by atoms with E-state index in [-0.39, 0.29) is 5.91 Å². The lowest BCUT2D eigenvalue weighted by molar-refractivity contribution is 0.0951. The molecular formula is C16H14N2O3S. The first-order chi connectivity index (χ1) is 10.8. The van der Waals surface area contributed by atoms with E-state index in [2.05, 4.69) is 10.3 Å². The third-order valence-corrected chi connectivity index (χ3v) is 4.04. The van der Waals surface area contributed by atoms with Crippen molar-refractivity contribution in [1.29, 1.82) is 0 Å². The van der Waals surface area contributed by atoms with E-state index in [1.807, 2.05) is 17.5 Å². The zero-order valence-corrected chi connectivity index (χ0v) is 12.7. The molecule has 1 amide bonds. The Morgan fingerprint density at radius 1 is 1.41 bits per heavy atom.